The maximum Gasteiger partial charge on any atom is 0.265 e. The van der Waals surface area contributed by atoms with Crippen molar-refractivity contribution in [1.82, 2.24) is 5.32 Å². The molecule has 8 nitrogen and oxygen atoms in total. The van der Waals surface area contributed by atoms with Crippen LogP contribution in [0, 0.1) is 0 Å². The molecule has 3 rings (SSSR count). The summed E-state index contributed by atoms with van der Waals surface area (Å²) in [5, 5.41) is 9.68. The minimum atomic E-state index is -0.638. The highest BCUT2D eigenvalue weighted by Gasteiger charge is 2.11. The van der Waals surface area contributed by atoms with Crippen LogP contribution in [0.3, 0.4) is 0 Å². The fourth-order valence-corrected chi connectivity index (χ4v) is 3.14. The zero-order valence-electron chi connectivity index (χ0n) is 15.7. The molecule has 0 fully saturated rings. The van der Waals surface area contributed by atoms with E-state index in [-0.39, 0.29) is 18.4 Å². The normalized spacial score (nSPS) is 10.1. The molecule has 0 aliphatic carbocycles. The number of hydrogen-bond donors (Lipinski definition) is 4. The van der Waals surface area contributed by atoms with E-state index in [1.807, 2.05) is 5.38 Å². The summed E-state index contributed by atoms with van der Waals surface area (Å²) < 4.78 is 0. The van der Waals surface area contributed by atoms with Gasteiger partial charge in [0.05, 0.1) is 11.4 Å². The molecule has 0 aliphatic heterocycles. The fraction of sp³-hybridized carbons (Fsp3) is 0.0476. The quantitative estimate of drug-likeness (QED) is 0.466. The van der Waals surface area contributed by atoms with Crippen molar-refractivity contribution in [2.45, 2.75) is 0 Å². The number of thiophene rings is 1. The number of carbonyl (C=O) groups is 4. The fourth-order valence-electron chi connectivity index (χ4n) is 2.52. The Balaban J connectivity index is 1.62. The molecule has 30 heavy (non-hydrogen) atoms. The summed E-state index contributed by atoms with van der Waals surface area (Å²) >= 11 is 1.33. The Morgan fingerprint density at radius 1 is 0.767 bits per heavy atom. The minimum Gasteiger partial charge on any atom is -0.368 e. The summed E-state index contributed by atoms with van der Waals surface area (Å²) in [5.74, 6) is -1.69. The first-order chi connectivity index (χ1) is 14.4. The van der Waals surface area contributed by atoms with E-state index in [1.165, 1.54) is 23.5 Å². The van der Waals surface area contributed by atoms with Gasteiger partial charge >= 0.3 is 0 Å². The van der Waals surface area contributed by atoms with Crippen LogP contribution < -0.4 is 21.7 Å². The molecule has 0 spiro atoms. The molecule has 152 valence electrons. The molecule has 0 bridgehead atoms. The van der Waals surface area contributed by atoms with Gasteiger partial charge in [-0.3, -0.25) is 19.2 Å². The highest BCUT2D eigenvalue weighted by molar-refractivity contribution is 7.12. The lowest BCUT2D eigenvalue weighted by Crippen LogP contribution is -2.33. The largest absolute Gasteiger partial charge is 0.368 e. The van der Waals surface area contributed by atoms with Crippen molar-refractivity contribution in [1.29, 1.82) is 0 Å². The van der Waals surface area contributed by atoms with Crippen LogP contribution in [0.5, 0.6) is 0 Å². The first kappa shape index (κ1) is 20.7. The van der Waals surface area contributed by atoms with Gasteiger partial charge in [-0.15, -0.1) is 11.3 Å². The van der Waals surface area contributed by atoms with Crippen LogP contribution in [0.4, 0.5) is 11.4 Å². The van der Waals surface area contributed by atoms with Gasteiger partial charge in [-0.05, 0) is 53.9 Å². The van der Waals surface area contributed by atoms with Gasteiger partial charge in [0.15, 0.2) is 0 Å². The topological polar surface area (TPSA) is 130 Å². The Kier molecular flexibility index (Phi) is 6.56. The maximum absolute atomic E-state index is 12.5. The molecule has 1 aromatic heterocycles. The lowest BCUT2D eigenvalue weighted by Gasteiger charge is -2.09. The summed E-state index contributed by atoms with van der Waals surface area (Å²) in [5.41, 5.74) is 6.67. The molecule has 0 unspecified atom stereocenters. The van der Waals surface area contributed by atoms with Crippen LogP contribution in [0.1, 0.15) is 30.4 Å². The zero-order valence-corrected chi connectivity index (χ0v) is 16.5. The van der Waals surface area contributed by atoms with Crippen LogP contribution in [-0.2, 0) is 4.79 Å². The number of hydrogen-bond acceptors (Lipinski definition) is 5. The summed E-state index contributed by atoms with van der Waals surface area (Å²) in [6.07, 6.45) is 0. The molecule has 0 radical (unpaired) electrons. The van der Waals surface area contributed by atoms with Crippen LogP contribution in [0.25, 0.3) is 0 Å². The van der Waals surface area contributed by atoms with Crippen LogP contribution in [-0.4, -0.2) is 30.2 Å². The van der Waals surface area contributed by atoms with Gasteiger partial charge in [-0.1, -0.05) is 12.1 Å². The smallest absolute Gasteiger partial charge is 0.265 e. The van der Waals surface area contributed by atoms with Gasteiger partial charge in [0.1, 0.15) is 0 Å². The first-order valence-corrected chi connectivity index (χ1v) is 9.73. The summed E-state index contributed by atoms with van der Waals surface area (Å²) in [4.78, 5) is 47.9. The predicted octanol–water partition coefficient (Wildman–Crippen LogP) is 2.47. The van der Waals surface area contributed by atoms with Crippen molar-refractivity contribution in [3.63, 3.8) is 0 Å². The Labute approximate surface area is 176 Å². The van der Waals surface area contributed by atoms with Crippen LogP contribution >= 0.6 is 11.3 Å². The third-order valence-corrected chi connectivity index (χ3v) is 4.82. The Hall–Kier alpha value is -3.98. The molecule has 0 saturated carbocycles. The lowest BCUT2D eigenvalue weighted by atomic mass is 10.1. The van der Waals surface area contributed by atoms with Gasteiger partial charge in [0, 0.05) is 22.5 Å². The number of carbonyl (C=O) groups excluding carboxylic acids is 4. The van der Waals surface area contributed by atoms with E-state index < -0.39 is 11.8 Å². The lowest BCUT2D eigenvalue weighted by molar-refractivity contribution is -0.117. The van der Waals surface area contributed by atoms with Crippen molar-refractivity contribution in [3.05, 3.63) is 82.0 Å². The monoisotopic (exact) mass is 422 g/mol. The third-order valence-electron chi connectivity index (χ3n) is 3.96. The van der Waals surface area contributed by atoms with Gasteiger partial charge in [0.25, 0.3) is 17.7 Å². The molecule has 4 amide bonds. The second kappa shape index (κ2) is 9.48. The zero-order chi connectivity index (χ0) is 21.5. The van der Waals surface area contributed by atoms with E-state index in [0.29, 0.717) is 27.4 Å². The highest BCUT2D eigenvalue weighted by Crippen LogP contribution is 2.17. The number of amides is 4. The van der Waals surface area contributed by atoms with Gasteiger partial charge < -0.3 is 21.7 Å². The molecule has 1 heterocycles. The highest BCUT2D eigenvalue weighted by atomic mass is 32.1. The van der Waals surface area contributed by atoms with Crippen molar-refractivity contribution >= 4 is 46.3 Å². The molecule has 5 N–H and O–H groups in total. The van der Waals surface area contributed by atoms with E-state index in [4.69, 9.17) is 5.73 Å². The second-order valence-electron chi connectivity index (χ2n) is 6.19. The van der Waals surface area contributed by atoms with E-state index >= 15 is 0 Å². The molecule has 0 saturated heterocycles. The van der Waals surface area contributed by atoms with Crippen molar-refractivity contribution in [2.75, 3.05) is 17.2 Å². The Morgan fingerprint density at radius 3 is 2.17 bits per heavy atom. The van der Waals surface area contributed by atoms with E-state index in [0.717, 1.165) is 0 Å². The van der Waals surface area contributed by atoms with Crippen molar-refractivity contribution in [3.8, 4) is 0 Å². The van der Waals surface area contributed by atoms with Crippen LogP contribution in [0.2, 0.25) is 0 Å². The second-order valence-corrected chi connectivity index (χ2v) is 7.14. The van der Waals surface area contributed by atoms with E-state index in [1.54, 1.807) is 48.5 Å². The SMILES string of the molecule is NC(=O)CNC(=O)c1ccc(NC(=O)c2cccc(NC(=O)c3cccs3)c2)cc1. The number of rotatable bonds is 7. The van der Waals surface area contributed by atoms with E-state index in [2.05, 4.69) is 16.0 Å². The van der Waals surface area contributed by atoms with Crippen molar-refractivity contribution in [2.24, 2.45) is 5.73 Å². The first-order valence-electron chi connectivity index (χ1n) is 8.85. The standard InChI is InChI=1S/C21H18N4O4S/c22-18(26)12-23-19(27)13-6-8-15(9-7-13)24-20(28)14-3-1-4-16(11-14)25-21(29)17-5-2-10-30-17/h1-11H,12H2,(H2,22,26)(H,23,27)(H,24,28)(H,25,29). The van der Waals surface area contributed by atoms with Gasteiger partial charge in [0.2, 0.25) is 5.91 Å². The molecule has 0 aliphatic rings. The Morgan fingerprint density at radius 2 is 1.50 bits per heavy atom. The average Bonchev–Trinajstić information content (AvgIpc) is 3.28. The molecule has 9 heteroatoms. The van der Waals surface area contributed by atoms with Crippen LogP contribution in [0.15, 0.2) is 66.0 Å². The summed E-state index contributed by atoms with van der Waals surface area (Å²) in [6, 6.07) is 16.2. The molecule has 0 atom stereocenters. The average molecular weight is 422 g/mol. The predicted molar refractivity (Wildman–Crippen MR) is 115 cm³/mol. The number of nitrogens with two attached hydrogens (primary N) is 1. The molecular formula is C21H18N4O4S. The summed E-state index contributed by atoms with van der Waals surface area (Å²) in [7, 11) is 0. The maximum atomic E-state index is 12.5. The molecule has 2 aromatic carbocycles. The minimum absolute atomic E-state index is 0.243. The number of nitrogens with one attached hydrogen (secondary N) is 3. The molecule has 3 aromatic rings. The summed E-state index contributed by atoms with van der Waals surface area (Å²) in [6.45, 7) is -0.253. The number of primary amides is 1. The van der Waals surface area contributed by atoms with Gasteiger partial charge in [-0.2, -0.15) is 0 Å². The van der Waals surface area contributed by atoms with E-state index in [9.17, 15) is 19.2 Å². The Bertz CT molecular complexity index is 1080. The van der Waals surface area contributed by atoms with Crippen molar-refractivity contribution < 1.29 is 19.2 Å². The molecular weight excluding hydrogens is 404 g/mol. The number of benzene rings is 2. The third kappa shape index (κ3) is 5.52. The number of anilines is 2. The van der Waals surface area contributed by atoms with Gasteiger partial charge in [-0.25, -0.2) is 0 Å².